The Morgan fingerprint density at radius 1 is 1.35 bits per heavy atom. The second-order valence-corrected chi connectivity index (χ2v) is 4.39. The number of carbonyl (C=O) groups excluding carboxylic acids is 1. The van der Waals surface area contributed by atoms with Crippen molar-refractivity contribution in [3.63, 3.8) is 0 Å². The molecule has 1 aromatic rings. The summed E-state index contributed by atoms with van der Waals surface area (Å²) in [5, 5.41) is 0. The summed E-state index contributed by atoms with van der Waals surface area (Å²) in [6.45, 7) is 6.22. The molecule has 0 bridgehead atoms. The number of ether oxygens (including phenoxy) is 1. The average molecular weight is 233 g/mol. The molecular formula is C14H19NO2. The Labute approximate surface area is 102 Å². The number of carbonyl (C=O) groups is 1. The molecule has 3 heteroatoms. The highest BCUT2D eigenvalue weighted by Crippen LogP contribution is 2.15. The maximum atomic E-state index is 11.2. The fraction of sp³-hybridized carbons (Fsp3) is 0.357. The molecule has 1 rings (SSSR count). The van der Waals surface area contributed by atoms with Gasteiger partial charge in [0, 0.05) is 11.8 Å². The average Bonchev–Trinajstić information content (AvgIpc) is 2.26. The predicted molar refractivity (Wildman–Crippen MR) is 68.3 cm³/mol. The van der Waals surface area contributed by atoms with Crippen molar-refractivity contribution >= 4 is 5.97 Å². The summed E-state index contributed by atoms with van der Waals surface area (Å²) >= 11 is 0. The van der Waals surface area contributed by atoms with E-state index in [0.29, 0.717) is 11.6 Å². The van der Waals surface area contributed by atoms with E-state index in [9.17, 15) is 4.79 Å². The molecule has 0 aliphatic rings. The molecule has 0 amide bonds. The first-order valence-electron chi connectivity index (χ1n) is 5.68. The summed E-state index contributed by atoms with van der Waals surface area (Å²) in [6.07, 6.45) is 1.28. The van der Waals surface area contributed by atoms with Crippen LogP contribution in [0.25, 0.3) is 0 Å². The molecule has 17 heavy (non-hydrogen) atoms. The number of benzene rings is 1. The monoisotopic (exact) mass is 233 g/mol. The highest BCUT2D eigenvalue weighted by molar-refractivity contribution is 5.82. The first-order chi connectivity index (χ1) is 7.99. The zero-order valence-corrected chi connectivity index (χ0v) is 10.6. The minimum absolute atomic E-state index is 0.279. The largest absolute Gasteiger partial charge is 0.458 e. The number of nitrogens with two attached hydrogens (primary N) is 1. The fourth-order valence-electron chi connectivity index (χ4n) is 1.38. The number of hydrogen-bond donors (Lipinski definition) is 1. The number of allylic oxidation sites excluding steroid dienone is 1. The van der Waals surface area contributed by atoms with Crippen LogP contribution >= 0.6 is 0 Å². The van der Waals surface area contributed by atoms with E-state index in [1.165, 1.54) is 11.6 Å². The van der Waals surface area contributed by atoms with Crippen LogP contribution in [0, 0.1) is 0 Å². The van der Waals surface area contributed by atoms with Gasteiger partial charge in [0.15, 0.2) is 0 Å². The maximum absolute atomic E-state index is 11.2. The van der Waals surface area contributed by atoms with E-state index < -0.39 is 5.97 Å². The quantitative estimate of drug-likeness (QED) is 0.642. The minimum atomic E-state index is -0.405. The van der Waals surface area contributed by atoms with Crippen molar-refractivity contribution in [1.82, 2.24) is 0 Å². The Kier molecular flexibility index (Phi) is 4.76. The third-order valence-corrected chi connectivity index (χ3v) is 2.37. The second-order valence-electron chi connectivity index (χ2n) is 4.39. The van der Waals surface area contributed by atoms with Crippen LogP contribution in [0.2, 0.25) is 0 Å². The van der Waals surface area contributed by atoms with Crippen molar-refractivity contribution in [2.75, 3.05) is 0 Å². The number of rotatable bonds is 4. The topological polar surface area (TPSA) is 52.3 Å². The minimum Gasteiger partial charge on any atom is -0.458 e. The van der Waals surface area contributed by atoms with Crippen LogP contribution in [-0.4, -0.2) is 5.97 Å². The van der Waals surface area contributed by atoms with Gasteiger partial charge in [-0.25, -0.2) is 4.79 Å². The molecular weight excluding hydrogens is 214 g/mol. The fourth-order valence-corrected chi connectivity index (χ4v) is 1.38. The molecule has 0 radical (unpaired) electrons. The van der Waals surface area contributed by atoms with Gasteiger partial charge in [-0.1, -0.05) is 38.1 Å². The van der Waals surface area contributed by atoms with E-state index in [4.69, 9.17) is 10.5 Å². The van der Waals surface area contributed by atoms with Crippen LogP contribution in [0.15, 0.2) is 36.0 Å². The Hall–Kier alpha value is -1.77. The lowest BCUT2D eigenvalue weighted by Crippen LogP contribution is -2.04. The van der Waals surface area contributed by atoms with Gasteiger partial charge in [0.1, 0.15) is 6.61 Å². The zero-order chi connectivity index (χ0) is 12.8. The van der Waals surface area contributed by atoms with Crippen molar-refractivity contribution in [2.24, 2.45) is 5.73 Å². The highest BCUT2D eigenvalue weighted by atomic mass is 16.5. The van der Waals surface area contributed by atoms with Crippen LogP contribution in [0.1, 0.15) is 37.8 Å². The van der Waals surface area contributed by atoms with Gasteiger partial charge in [-0.2, -0.15) is 0 Å². The van der Waals surface area contributed by atoms with Crippen molar-refractivity contribution < 1.29 is 9.53 Å². The van der Waals surface area contributed by atoms with Gasteiger partial charge < -0.3 is 10.5 Å². The zero-order valence-electron chi connectivity index (χ0n) is 10.6. The van der Waals surface area contributed by atoms with Crippen LogP contribution in [0.4, 0.5) is 0 Å². The van der Waals surface area contributed by atoms with Gasteiger partial charge >= 0.3 is 5.97 Å². The van der Waals surface area contributed by atoms with Crippen molar-refractivity contribution in [1.29, 1.82) is 0 Å². The van der Waals surface area contributed by atoms with Crippen LogP contribution in [0.3, 0.4) is 0 Å². The molecule has 0 fully saturated rings. The Balaban J connectivity index is 2.53. The SMILES string of the molecule is C/C(N)=C/C(=O)OCc1ccc(C(C)C)cc1. The summed E-state index contributed by atoms with van der Waals surface area (Å²) in [6, 6.07) is 8.05. The summed E-state index contributed by atoms with van der Waals surface area (Å²) in [7, 11) is 0. The molecule has 2 N–H and O–H groups in total. The van der Waals surface area contributed by atoms with Crippen LogP contribution in [0.5, 0.6) is 0 Å². The summed E-state index contributed by atoms with van der Waals surface area (Å²) in [5.41, 5.74) is 8.08. The summed E-state index contributed by atoms with van der Waals surface area (Å²) in [4.78, 5) is 11.2. The van der Waals surface area contributed by atoms with Gasteiger partial charge in [0.2, 0.25) is 0 Å². The molecule has 92 valence electrons. The smallest absolute Gasteiger partial charge is 0.332 e. The molecule has 0 heterocycles. The first-order valence-corrected chi connectivity index (χ1v) is 5.68. The van der Waals surface area contributed by atoms with Gasteiger partial charge in [-0.15, -0.1) is 0 Å². The van der Waals surface area contributed by atoms with Crippen molar-refractivity contribution in [2.45, 2.75) is 33.3 Å². The van der Waals surface area contributed by atoms with Gasteiger partial charge in [-0.05, 0) is 24.0 Å². The number of esters is 1. The van der Waals surface area contributed by atoms with Crippen LogP contribution in [-0.2, 0) is 16.1 Å². The lowest BCUT2D eigenvalue weighted by molar-refractivity contribution is -0.139. The molecule has 0 unspecified atom stereocenters. The summed E-state index contributed by atoms with van der Waals surface area (Å²) in [5.74, 6) is 0.104. The Morgan fingerprint density at radius 2 is 1.94 bits per heavy atom. The lowest BCUT2D eigenvalue weighted by atomic mass is 10.0. The van der Waals surface area contributed by atoms with E-state index in [1.807, 2.05) is 12.1 Å². The van der Waals surface area contributed by atoms with E-state index >= 15 is 0 Å². The number of hydrogen-bond acceptors (Lipinski definition) is 3. The van der Waals surface area contributed by atoms with Crippen molar-refractivity contribution in [3.8, 4) is 0 Å². The Bertz CT molecular complexity index is 401. The van der Waals surface area contributed by atoms with E-state index in [2.05, 4.69) is 26.0 Å². The third-order valence-electron chi connectivity index (χ3n) is 2.37. The standard InChI is InChI=1S/C14H19NO2/c1-10(2)13-6-4-12(5-7-13)9-17-14(16)8-11(3)15/h4-8,10H,9,15H2,1-3H3/b11-8-. The maximum Gasteiger partial charge on any atom is 0.332 e. The van der Waals surface area contributed by atoms with E-state index in [0.717, 1.165) is 5.56 Å². The summed E-state index contributed by atoms with van der Waals surface area (Å²) < 4.78 is 5.04. The highest BCUT2D eigenvalue weighted by Gasteiger charge is 2.01. The third kappa shape index (κ3) is 4.72. The predicted octanol–water partition coefficient (Wildman–Crippen LogP) is 2.72. The van der Waals surface area contributed by atoms with Crippen LogP contribution < -0.4 is 5.73 Å². The second kappa shape index (κ2) is 6.09. The normalized spacial score (nSPS) is 11.6. The molecule has 0 saturated heterocycles. The lowest BCUT2D eigenvalue weighted by Gasteiger charge is -2.07. The van der Waals surface area contributed by atoms with Crippen molar-refractivity contribution in [3.05, 3.63) is 47.2 Å². The molecule has 3 nitrogen and oxygen atoms in total. The van der Waals surface area contributed by atoms with Gasteiger partial charge in [0.05, 0.1) is 0 Å². The molecule has 1 aromatic carbocycles. The molecule has 0 spiro atoms. The van der Waals surface area contributed by atoms with Gasteiger partial charge in [0.25, 0.3) is 0 Å². The molecule has 0 aliphatic carbocycles. The molecule has 0 atom stereocenters. The molecule has 0 aromatic heterocycles. The molecule has 0 aliphatic heterocycles. The first kappa shape index (κ1) is 13.3. The Morgan fingerprint density at radius 3 is 2.41 bits per heavy atom. The van der Waals surface area contributed by atoms with E-state index in [1.54, 1.807) is 6.92 Å². The van der Waals surface area contributed by atoms with E-state index in [-0.39, 0.29) is 6.61 Å². The molecule has 0 saturated carbocycles. The van der Waals surface area contributed by atoms with Gasteiger partial charge in [-0.3, -0.25) is 0 Å².